The minimum Gasteiger partial charge on any atom is -0.395 e. The van der Waals surface area contributed by atoms with E-state index in [2.05, 4.69) is 11.6 Å². The Balaban J connectivity index is 2.81. The van der Waals surface area contributed by atoms with Gasteiger partial charge in [0.15, 0.2) is 0 Å². The first-order valence-corrected chi connectivity index (χ1v) is 6.20. The van der Waals surface area contributed by atoms with E-state index in [-0.39, 0.29) is 25.1 Å². The van der Waals surface area contributed by atoms with Gasteiger partial charge in [0.05, 0.1) is 12.6 Å². The second-order valence-electron chi connectivity index (χ2n) is 3.62. The fourth-order valence-corrected chi connectivity index (χ4v) is 2.06. The van der Waals surface area contributed by atoms with E-state index in [4.69, 9.17) is 10.8 Å². The Morgan fingerprint density at radius 3 is 3.00 bits per heavy atom. The molecular weight excluding hydrogens is 238 g/mol. The van der Waals surface area contributed by atoms with Crippen molar-refractivity contribution in [3.63, 3.8) is 0 Å². The maximum absolute atomic E-state index is 12.0. The number of nitrogens with two attached hydrogens (primary N) is 1. The summed E-state index contributed by atoms with van der Waals surface area (Å²) in [6.07, 6.45) is 1.62. The Hall–Kier alpha value is -1.24. The number of aliphatic hydroxyl groups excluding tert-OH is 1. The summed E-state index contributed by atoms with van der Waals surface area (Å²) in [5, 5.41) is 11.3. The van der Waals surface area contributed by atoms with Crippen molar-refractivity contribution in [2.45, 2.75) is 13.0 Å². The zero-order valence-corrected chi connectivity index (χ0v) is 10.6. The van der Waals surface area contributed by atoms with Gasteiger partial charge in [-0.05, 0) is 6.92 Å². The lowest BCUT2D eigenvalue weighted by molar-refractivity contribution is 0.0737. The van der Waals surface area contributed by atoms with Gasteiger partial charge in [-0.2, -0.15) is 0 Å². The quantitative estimate of drug-likeness (QED) is 0.736. The summed E-state index contributed by atoms with van der Waals surface area (Å²) in [5.74, 6) is -0.206. The molecule has 1 unspecified atom stereocenters. The van der Waals surface area contributed by atoms with E-state index in [0.717, 1.165) is 5.01 Å². The van der Waals surface area contributed by atoms with Gasteiger partial charge < -0.3 is 15.7 Å². The van der Waals surface area contributed by atoms with Gasteiger partial charge in [-0.1, -0.05) is 6.08 Å². The maximum atomic E-state index is 12.0. The summed E-state index contributed by atoms with van der Waals surface area (Å²) in [6, 6.07) is -0.174. The molecule has 1 heterocycles. The topological polar surface area (TPSA) is 79.5 Å². The summed E-state index contributed by atoms with van der Waals surface area (Å²) >= 11 is 1.37. The molecule has 0 saturated carbocycles. The maximum Gasteiger partial charge on any atom is 0.273 e. The molecule has 0 aliphatic carbocycles. The van der Waals surface area contributed by atoms with Crippen molar-refractivity contribution < 1.29 is 9.90 Å². The lowest BCUT2D eigenvalue weighted by Gasteiger charge is -2.18. The van der Waals surface area contributed by atoms with E-state index in [0.29, 0.717) is 12.2 Å². The van der Waals surface area contributed by atoms with Crippen LogP contribution in [0.25, 0.3) is 0 Å². The molecule has 0 fully saturated rings. The molecule has 0 spiro atoms. The van der Waals surface area contributed by atoms with Crippen LogP contribution in [0.1, 0.15) is 28.5 Å². The predicted octanol–water partition coefficient (Wildman–Crippen LogP) is 0.783. The molecule has 6 heteroatoms. The van der Waals surface area contributed by atoms with Crippen LogP contribution in [-0.2, 0) is 0 Å². The number of rotatable bonds is 6. The molecule has 1 amide bonds. The molecule has 0 radical (unpaired) electrons. The molecule has 1 aromatic rings. The molecule has 94 valence electrons. The van der Waals surface area contributed by atoms with E-state index >= 15 is 0 Å². The molecule has 5 nitrogen and oxygen atoms in total. The molecule has 0 bridgehead atoms. The van der Waals surface area contributed by atoms with Crippen LogP contribution in [0.5, 0.6) is 0 Å². The summed E-state index contributed by atoms with van der Waals surface area (Å²) in [7, 11) is 0. The summed E-state index contributed by atoms with van der Waals surface area (Å²) < 4.78 is 0. The first-order chi connectivity index (χ1) is 8.10. The molecule has 1 atom stereocenters. The summed E-state index contributed by atoms with van der Waals surface area (Å²) in [4.78, 5) is 17.7. The number of hydrogen-bond donors (Lipinski definition) is 2. The highest BCUT2D eigenvalue weighted by atomic mass is 32.1. The minimum absolute atomic E-state index is 0.0795. The second-order valence-corrected chi connectivity index (χ2v) is 4.51. The van der Waals surface area contributed by atoms with Crippen molar-refractivity contribution in [3.8, 4) is 0 Å². The van der Waals surface area contributed by atoms with E-state index in [1.165, 1.54) is 16.2 Å². The van der Waals surface area contributed by atoms with Crippen molar-refractivity contribution in [2.24, 2.45) is 5.73 Å². The summed E-state index contributed by atoms with van der Waals surface area (Å²) in [6.45, 7) is 5.99. The number of carbonyl (C=O) groups is 1. The molecule has 0 aliphatic heterocycles. The van der Waals surface area contributed by atoms with Gasteiger partial charge in [0.25, 0.3) is 5.91 Å². The predicted molar refractivity (Wildman–Crippen MR) is 67.9 cm³/mol. The normalized spacial score (nSPS) is 12.2. The Labute approximate surface area is 105 Å². The van der Waals surface area contributed by atoms with Crippen molar-refractivity contribution in [3.05, 3.63) is 28.7 Å². The minimum atomic E-state index is -0.206. The monoisotopic (exact) mass is 255 g/mol. The largest absolute Gasteiger partial charge is 0.395 e. The van der Waals surface area contributed by atoms with Crippen LogP contribution in [0.15, 0.2) is 18.0 Å². The van der Waals surface area contributed by atoms with Crippen molar-refractivity contribution in [1.29, 1.82) is 0 Å². The molecule has 0 saturated heterocycles. The lowest BCUT2D eigenvalue weighted by Crippen LogP contribution is -2.33. The number of hydrogen-bond acceptors (Lipinski definition) is 5. The molecular formula is C11H17N3O2S. The zero-order chi connectivity index (χ0) is 12.8. The number of carbonyl (C=O) groups excluding carboxylic acids is 1. The smallest absolute Gasteiger partial charge is 0.273 e. The van der Waals surface area contributed by atoms with E-state index in [1.54, 1.807) is 11.5 Å². The van der Waals surface area contributed by atoms with Crippen molar-refractivity contribution >= 4 is 17.2 Å². The van der Waals surface area contributed by atoms with Gasteiger partial charge >= 0.3 is 0 Å². The van der Waals surface area contributed by atoms with E-state index < -0.39 is 0 Å². The van der Waals surface area contributed by atoms with Crippen LogP contribution in [0.3, 0.4) is 0 Å². The summed E-state index contributed by atoms with van der Waals surface area (Å²) in [5.41, 5.74) is 6.06. The third-order valence-corrected chi connectivity index (χ3v) is 3.18. The van der Waals surface area contributed by atoms with E-state index in [9.17, 15) is 4.79 Å². The first kappa shape index (κ1) is 13.8. The highest BCUT2D eigenvalue weighted by Gasteiger charge is 2.18. The number of amides is 1. The van der Waals surface area contributed by atoms with Gasteiger partial charge in [0, 0.05) is 18.5 Å². The van der Waals surface area contributed by atoms with Crippen LogP contribution >= 0.6 is 11.3 Å². The lowest BCUT2D eigenvalue weighted by atomic mass is 10.3. The van der Waals surface area contributed by atoms with Crippen LogP contribution in [0.4, 0.5) is 0 Å². The first-order valence-electron chi connectivity index (χ1n) is 5.32. The number of nitrogens with zero attached hydrogens (tertiary/aromatic N) is 2. The van der Waals surface area contributed by atoms with Gasteiger partial charge in [0.1, 0.15) is 10.7 Å². The highest BCUT2D eigenvalue weighted by molar-refractivity contribution is 7.09. The molecule has 0 aliphatic rings. The van der Waals surface area contributed by atoms with Crippen LogP contribution in [0.2, 0.25) is 0 Å². The standard InChI is InChI=1S/C11H17N3O2S/c1-3-4-14(5-6-15)11(16)9-7-17-10(13-9)8(2)12/h3,7-8,15H,1,4-6,12H2,2H3. The molecule has 0 aromatic carbocycles. The second kappa shape index (κ2) is 6.48. The molecule has 17 heavy (non-hydrogen) atoms. The van der Waals surface area contributed by atoms with Gasteiger partial charge in [-0.3, -0.25) is 4.79 Å². The van der Waals surface area contributed by atoms with Crippen LogP contribution in [-0.4, -0.2) is 40.6 Å². The van der Waals surface area contributed by atoms with Gasteiger partial charge in [-0.15, -0.1) is 17.9 Å². The highest BCUT2D eigenvalue weighted by Crippen LogP contribution is 2.17. The third kappa shape index (κ3) is 3.62. The number of thiazole rings is 1. The Morgan fingerprint density at radius 1 is 1.82 bits per heavy atom. The SMILES string of the molecule is C=CCN(CCO)C(=O)c1csc(C(C)N)n1. The van der Waals surface area contributed by atoms with Crippen LogP contribution in [0, 0.1) is 0 Å². The Kier molecular flexibility index (Phi) is 5.27. The Bertz CT molecular complexity index is 390. The number of aromatic nitrogens is 1. The molecule has 1 aromatic heterocycles. The number of aliphatic hydroxyl groups is 1. The Morgan fingerprint density at radius 2 is 2.53 bits per heavy atom. The van der Waals surface area contributed by atoms with Gasteiger partial charge in [-0.25, -0.2) is 4.98 Å². The fraction of sp³-hybridized carbons (Fsp3) is 0.455. The van der Waals surface area contributed by atoms with Crippen molar-refractivity contribution in [1.82, 2.24) is 9.88 Å². The van der Waals surface area contributed by atoms with E-state index in [1.807, 2.05) is 6.92 Å². The average Bonchev–Trinajstić information content (AvgIpc) is 2.77. The molecule has 1 rings (SSSR count). The third-order valence-electron chi connectivity index (χ3n) is 2.14. The van der Waals surface area contributed by atoms with Gasteiger partial charge in [0.2, 0.25) is 0 Å². The zero-order valence-electron chi connectivity index (χ0n) is 9.80. The van der Waals surface area contributed by atoms with Crippen LogP contribution < -0.4 is 5.73 Å². The fourth-order valence-electron chi connectivity index (χ4n) is 1.31. The average molecular weight is 255 g/mol. The molecule has 3 N–H and O–H groups in total. The van der Waals surface area contributed by atoms with Crippen molar-refractivity contribution in [2.75, 3.05) is 19.7 Å².